The molecule has 0 aromatic heterocycles. The Labute approximate surface area is 128 Å². The fourth-order valence-corrected chi connectivity index (χ4v) is 2.64. The summed E-state index contributed by atoms with van der Waals surface area (Å²) in [6, 6.07) is 6.02. The van der Waals surface area contributed by atoms with Crippen molar-refractivity contribution < 1.29 is 14.3 Å². The van der Waals surface area contributed by atoms with Crippen LogP contribution in [0.4, 0.5) is 0 Å². The van der Waals surface area contributed by atoms with Crippen LogP contribution in [0.2, 0.25) is 0 Å². The normalized spacial score (nSPS) is 18.2. The van der Waals surface area contributed by atoms with Crippen molar-refractivity contribution >= 4 is 21.8 Å². The summed E-state index contributed by atoms with van der Waals surface area (Å²) in [6.45, 7) is 3.96. The summed E-state index contributed by atoms with van der Waals surface area (Å²) in [6.07, 6.45) is 2.28. The summed E-state index contributed by atoms with van der Waals surface area (Å²) in [5.74, 6) is -0.0923. The van der Waals surface area contributed by atoms with Crippen LogP contribution in [0.3, 0.4) is 0 Å². The summed E-state index contributed by atoms with van der Waals surface area (Å²) >= 11 is 3.42. The number of carbonyl (C=O) groups is 1. The first-order valence-electron chi connectivity index (χ1n) is 6.86. The van der Waals surface area contributed by atoms with Gasteiger partial charge in [0.15, 0.2) is 0 Å². The number of hydrogen-bond donors (Lipinski definition) is 1. The molecule has 1 fully saturated rings. The van der Waals surface area contributed by atoms with E-state index in [0.29, 0.717) is 13.2 Å². The lowest BCUT2D eigenvalue weighted by Gasteiger charge is -2.11. The monoisotopic (exact) mass is 341 g/mol. The Hall–Kier alpha value is -0.910. The van der Waals surface area contributed by atoms with Crippen LogP contribution in [0.5, 0.6) is 0 Å². The van der Waals surface area contributed by atoms with E-state index in [1.54, 1.807) is 0 Å². The molecular weight excluding hydrogens is 322 g/mol. The molecule has 1 N–H and O–H groups in total. The molecule has 1 amide bonds. The first kappa shape index (κ1) is 15.5. The molecule has 1 unspecified atom stereocenters. The van der Waals surface area contributed by atoms with Crippen molar-refractivity contribution in [3.8, 4) is 0 Å². The summed E-state index contributed by atoms with van der Waals surface area (Å²) < 4.78 is 11.8. The molecule has 1 aromatic rings. The van der Waals surface area contributed by atoms with Gasteiger partial charge >= 0.3 is 0 Å². The van der Waals surface area contributed by atoms with Crippen molar-refractivity contribution in [2.45, 2.75) is 32.4 Å². The van der Waals surface area contributed by atoms with Crippen molar-refractivity contribution in [1.82, 2.24) is 5.32 Å². The number of nitrogens with one attached hydrogen (secondary N) is 1. The lowest BCUT2D eigenvalue weighted by Crippen LogP contribution is -2.29. The van der Waals surface area contributed by atoms with E-state index in [9.17, 15) is 4.79 Å². The maximum absolute atomic E-state index is 11.7. The summed E-state index contributed by atoms with van der Waals surface area (Å²) in [4.78, 5) is 11.7. The minimum absolute atomic E-state index is 0.0923. The van der Waals surface area contributed by atoms with Gasteiger partial charge in [-0.15, -0.1) is 0 Å². The highest BCUT2D eigenvalue weighted by molar-refractivity contribution is 9.10. The van der Waals surface area contributed by atoms with Crippen molar-refractivity contribution in [3.05, 3.63) is 33.8 Å². The Morgan fingerprint density at radius 1 is 1.55 bits per heavy atom. The molecule has 1 aromatic carbocycles. The van der Waals surface area contributed by atoms with Crippen LogP contribution in [0.15, 0.2) is 22.7 Å². The Kier molecular flexibility index (Phi) is 6.01. The number of hydrogen-bond acceptors (Lipinski definition) is 3. The highest BCUT2D eigenvalue weighted by Crippen LogP contribution is 2.15. The van der Waals surface area contributed by atoms with Crippen LogP contribution < -0.4 is 5.32 Å². The molecule has 1 heterocycles. The van der Waals surface area contributed by atoms with Gasteiger partial charge in [0.1, 0.15) is 6.61 Å². The Bertz CT molecular complexity index is 458. The SMILES string of the molecule is Cc1cc(Br)ccc1CNC(=O)COCC1CCCO1. The molecular formula is C15H20BrNO3. The predicted molar refractivity (Wildman–Crippen MR) is 80.5 cm³/mol. The molecule has 0 aliphatic carbocycles. The molecule has 0 spiro atoms. The second kappa shape index (κ2) is 7.76. The summed E-state index contributed by atoms with van der Waals surface area (Å²) in [7, 11) is 0. The van der Waals surface area contributed by atoms with Gasteiger partial charge in [0, 0.05) is 17.6 Å². The van der Waals surface area contributed by atoms with Crippen LogP contribution >= 0.6 is 15.9 Å². The van der Waals surface area contributed by atoms with Gasteiger partial charge in [-0.2, -0.15) is 0 Å². The van der Waals surface area contributed by atoms with E-state index in [0.717, 1.165) is 35.0 Å². The standard InChI is InChI=1S/C15H20BrNO3/c1-11-7-13(16)5-4-12(11)8-17-15(18)10-19-9-14-3-2-6-20-14/h4-5,7,14H,2-3,6,8-10H2,1H3,(H,17,18). The van der Waals surface area contributed by atoms with Gasteiger partial charge in [0.25, 0.3) is 0 Å². The van der Waals surface area contributed by atoms with Crippen LogP contribution in [0.25, 0.3) is 0 Å². The lowest BCUT2D eigenvalue weighted by atomic mass is 10.1. The number of halogens is 1. The second-order valence-electron chi connectivity index (χ2n) is 5.00. The van der Waals surface area contributed by atoms with E-state index in [4.69, 9.17) is 9.47 Å². The fraction of sp³-hybridized carbons (Fsp3) is 0.533. The first-order valence-corrected chi connectivity index (χ1v) is 7.65. The van der Waals surface area contributed by atoms with Crippen LogP contribution in [-0.2, 0) is 20.8 Å². The molecule has 1 atom stereocenters. The van der Waals surface area contributed by atoms with Crippen molar-refractivity contribution in [3.63, 3.8) is 0 Å². The third kappa shape index (κ3) is 4.89. The minimum Gasteiger partial charge on any atom is -0.376 e. The van der Waals surface area contributed by atoms with E-state index < -0.39 is 0 Å². The quantitative estimate of drug-likeness (QED) is 0.864. The predicted octanol–water partition coefficient (Wildman–Crippen LogP) is 2.57. The third-order valence-electron chi connectivity index (χ3n) is 3.34. The zero-order chi connectivity index (χ0) is 14.4. The smallest absolute Gasteiger partial charge is 0.246 e. The van der Waals surface area contributed by atoms with Crippen LogP contribution in [0.1, 0.15) is 24.0 Å². The molecule has 0 radical (unpaired) electrons. The topological polar surface area (TPSA) is 47.6 Å². The minimum atomic E-state index is -0.0923. The van der Waals surface area contributed by atoms with Crippen LogP contribution in [0, 0.1) is 6.92 Å². The molecule has 1 saturated heterocycles. The van der Waals surface area contributed by atoms with E-state index in [1.165, 1.54) is 0 Å². The van der Waals surface area contributed by atoms with Gasteiger partial charge in [-0.1, -0.05) is 22.0 Å². The zero-order valence-corrected chi connectivity index (χ0v) is 13.2. The van der Waals surface area contributed by atoms with Gasteiger partial charge in [-0.3, -0.25) is 4.79 Å². The zero-order valence-electron chi connectivity index (χ0n) is 11.7. The number of aryl methyl sites for hydroxylation is 1. The second-order valence-corrected chi connectivity index (χ2v) is 5.91. The number of amides is 1. The average Bonchev–Trinajstić information content (AvgIpc) is 2.91. The van der Waals surface area contributed by atoms with Crippen molar-refractivity contribution in [2.75, 3.05) is 19.8 Å². The third-order valence-corrected chi connectivity index (χ3v) is 3.83. The summed E-state index contributed by atoms with van der Waals surface area (Å²) in [5, 5.41) is 2.86. The molecule has 4 nitrogen and oxygen atoms in total. The van der Waals surface area contributed by atoms with Gasteiger partial charge in [0.05, 0.1) is 12.7 Å². The molecule has 110 valence electrons. The maximum Gasteiger partial charge on any atom is 0.246 e. The Balaban J connectivity index is 1.66. The number of rotatable bonds is 6. The molecule has 0 saturated carbocycles. The number of benzene rings is 1. The molecule has 0 bridgehead atoms. The fourth-order valence-electron chi connectivity index (χ4n) is 2.16. The number of ether oxygens (including phenoxy) is 2. The van der Waals surface area contributed by atoms with E-state index in [-0.39, 0.29) is 18.6 Å². The van der Waals surface area contributed by atoms with Crippen LogP contribution in [-0.4, -0.2) is 31.8 Å². The lowest BCUT2D eigenvalue weighted by molar-refractivity contribution is -0.127. The van der Waals surface area contributed by atoms with Gasteiger partial charge in [0.2, 0.25) is 5.91 Å². The summed E-state index contributed by atoms with van der Waals surface area (Å²) in [5.41, 5.74) is 2.26. The van der Waals surface area contributed by atoms with E-state index in [1.807, 2.05) is 25.1 Å². The molecule has 1 aliphatic heterocycles. The van der Waals surface area contributed by atoms with Crippen molar-refractivity contribution in [1.29, 1.82) is 0 Å². The number of carbonyl (C=O) groups excluding carboxylic acids is 1. The van der Waals surface area contributed by atoms with Crippen molar-refractivity contribution in [2.24, 2.45) is 0 Å². The molecule has 5 heteroatoms. The largest absolute Gasteiger partial charge is 0.376 e. The van der Waals surface area contributed by atoms with E-state index in [2.05, 4.69) is 21.2 Å². The average molecular weight is 342 g/mol. The van der Waals surface area contributed by atoms with Gasteiger partial charge < -0.3 is 14.8 Å². The Morgan fingerprint density at radius 3 is 3.10 bits per heavy atom. The van der Waals surface area contributed by atoms with Gasteiger partial charge in [-0.05, 0) is 43.0 Å². The van der Waals surface area contributed by atoms with E-state index >= 15 is 0 Å². The molecule has 1 aliphatic rings. The molecule has 2 rings (SSSR count). The highest BCUT2D eigenvalue weighted by Gasteiger charge is 2.15. The van der Waals surface area contributed by atoms with Gasteiger partial charge in [-0.25, -0.2) is 0 Å². The first-order chi connectivity index (χ1) is 9.65. The molecule has 20 heavy (non-hydrogen) atoms. The Morgan fingerprint density at radius 2 is 2.40 bits per heavy atom. The highest BCUT2D eigenvalue weighted by atomic mass is 79.9. The maximum atomic E-state index is 11.7.